The number of nitrogens with one attached hydrogen (secondary N) is 3. The molecule has 3 aromatic rings. The Morgan fingerprint density at radius 3 is 2.11 bits per heavy atom. The molecule has 6 heteroatoms. The fraction of sp³-hybridized carbons (Fsp3) is 0.310. The summed E-state index contributed by atoms with van der Waals surface area (Å²) in [5, 5.41) is 8.88. The Labute approximate surface area is 207 Å². The van der Waals surface area contributed by atoms with Crippen LogP contribution in [0, 0.1) is 0 Å². The number of hydrogen-bond donors (Lipinski definition) is 3. The molecule has 0 aliphatic carbocycles. The van der Waals surface area contributed by atoms with E-state index in [0.717, 1.165) is 42.7 Å². The first-order chi connectivity index (χ1) is 17.2. The zero-order chi connectivity index (χ0) is 24.3. The van der Waals surface area contributed by atoms with Gasteiger partial charge in [-0.05, 0) is 67.7 Å². The first-order valence-electron chi connectivity index (χ1n) is 12.4. The van der Waals surface area contributed by atoms with Crippen molar-refractivity contribution in [1.82, 2.24) is 15.5 Å². The third kappa shape index (κ3) is 7.69. The summed E-state index contributed by atoms with van der Waals surface area (Å²) in [5.41, 5.74) is 3.80. The number of anilines is 1. The van der Waals surface area contributed by atoms with E-state index < -0.39 is 6.04 Å². The molecule has 182 valence electrons. The highest BCUT2D eigenvalue weighted by molar-refractivity contribution is 5.90. The minimum absolute atomic E-state index is 0.0622. The zero-order valence-electron chi connectivity index (χ0n) is 20.1. The van der Waals surface area contributed by atoms with Crippen molar-refractivity contribution in [2.24, 2.45) is 0 Å². The molecule has 1 heterocycles. The molecule has 4 rings (SSSR count). The molecule has 3 amide bonds. The van der Waals surface area contributed by atoms with Gasteiger partial charge in [0.1, 0.15) is 0 Å². The van der Waals surface area contributed by atoms with E-state index in [9.17, 15) is 9.59 Å². The molecule has 0 bridgehead atoms. The van der Waals surface area contributed by atoms with E-state index >= 15 is 0 Å². The Bertz CT molecular complexity index is 1060. The van der Waals surface area contributed by atoms with Gasteiger partial charge in [0.25, 0.3) is 0 Å². The SMILES string of the molecule is O=C(CC(NC(=O)Nc1ccc(-c2ccccc2)cc1)c1ccccc1)NCCCN1CCCC1. The number of rotatable bonds is 10. The molecule has 1 aliphatic heterocycles. The molecule has 1 aliphatic rings. The van der Waals surface area contributed by atoms with E-state index in [2.05, 4.69) is 33.0 Å². The highest BCUT2D eigenvalue weighted by Gasteiger charge is 2.19. The van der Waals surface area contributed by atoms with E-state index in [-0.39, 0.29) is 18.4 Å². The molecule has 0 radical (unpaired) electrons. The average Bonchev–Trinajstić information content (AvgIpc) is 3.41. The number of likely N-dealkylation sites (tertiary alicyclic amines) is 1. The Morgan fingerprint density at radius 1 is 0.800 bits per heavy atom. The maximum atomic E-state index is 12.8. The van der Waals surface area contributed by atoms with Gasteiger partial charge in [-0.25, -0.2) is 4.79 Å². The molecule has 3 N–H and O–H groups in total. The fourth-order valence-corrected chi connectivity index (χ4v) is 4.43. The van der Waals surface area contributed by atoms with Gasteiger partial charge in [0.05, 0.1) is 12.5 Å². The summed E-state index contributed by atoms with van der Waals surface area (Å²) < 4.78 is 0. The summed E-state index contributed by atoms with van der Waals surface area (Å²) in [6.07, 6.45) is 3.68. The van der Waals surface area contributed by atoms with Gasteiger partial charge in [0.2, 0.25) is 5.91 Å². The molecule has 3 aromatic carbocycles. The van der Waals surface area contributed by atoms with E-state index in [0.29, 0.717) is 12.2 Å². The Balaban J connectivity index is 1.30. The molecular weight excluding hydrogens is 436 g/mol. The largest absolute Gasteiger partial charge is 0.356 e. The van der Waals surface area contributed by atoms with E-state index in [1.165, 1.54) is 12.8 Å². The standard InChI is InChI=1S/C29H34N4O2/c34-28(30-18-9-21-33-19-7-8-20-33)22-27(25-12-5-2-6-13-25)32-29(35)31-26-16-14-24(15-17-26)23-10-3-1-4-11-23/h1-6,10-17,27H,7-9,18-22H2,(H,30,34)(H2,31,32,35). The maximum absolute atomic E-state index is 12.8. The van der Waals surface area contributed by atoms with Crippen molar-refractivity contribution in [2.45, 2.75) is 31.7 Å². The molecule has 1 saturated heterocycles. The van der Waals surface area contributed by atoms with E-state index in [1.54, 1.807) is 0 Å². The monoisotopic (exact) mass is 470 g/mol. The predicted octanol–water partition coefficient (Wildman–Crippen LogP) is 5.21. The normalized spacial score (nSPS) is 14.3. The number of carbonyl (C=O) groups excluding carboxylic acids is 2. The third-order valence-corrected chi connectivity index (χ3v) is 6.32. The van der Waals surface area contributed by atoms with Gasteiger partial charge < -0.3 is 20.9 Å². The van der Waals surface area contributed by atoms with Gasteiger partial charge in [-0.15, -0.1) is 0 Å². The van der Waals surface area contributed by atoms with E-state index in [1.807, 2.05) is 72.8 Å². The molecule has 0 spiro atoms. The summed E-state index contributed by atoms with van der Waals surface area (Å²) in [4.78, 5) is 27.9. The molecule has 1 fully saturated rings. The van der Waals surface area contributed by atoms with Crippen molar-refractivity contribution in [3.63, 3.8) is 0 Å². The van der Waals surface area contributed by atoms with Crippen LogP contribution in [0.4, 0.5) is 10.5 Å². The quantitative estimate of drug-likeness (QED) is 0.356. The van der Waals surface area contributed by atoms with Gasteiger partial charge >= 0.3 is 6.03 Å². The second-order valence-corrected chi connectivity index (χ2v) is 8.96. The van der Waals surface area contributed by atoms with Crippen molar-refractivity contribution >= 4 is 17.6 Å². The van der Waals surface area contributed by atoms with Crippen molar-refractivity contribution in [1.29, 1.82) is 0 Å². The highest BCUT2D eigenvalue weighted by atomic mass is 16.2. The average molecular weight is 471 g/mol. The minimum Gasteiger partial charge on any atom is -0.356 e. The first-order valence-corrected chi connectivity index (χ1v) is 12.4. The van der Waals surface area contributed by atoms with Crippen LogP contribution in [0.15, 0.2) is 84.9 Å². The number of carbonyl (C=O) groups is 2. The maximum Gasteiger partial charge on any atom is 0.319 e. The summed E-state index contributed by atoms with van der Waals surface area (Å²) in [6.45, 7) is 4.00. The lowest BCUT2D eigenvalue weighted by atomic mass is 10.0. The molecule has 1 unspecified atom stereocenters. The molecule has 35 heavy (non-hydrogen) atoms. The molecule has 1 atom stereocenters. The Hall–Kier alpha value is -3.64. The number of nitrogens with zero attached hydrogens (tertiary/aromatic N) is 1. The van der Waals surface area contributed by atoms with Crippen LogP contribution in [0.25, 0.3) is 11.1 Å². The van der Waals surface area contributed by atoms with Gasteiger partial charge in [-0.3, -0.25) is 4.79 Å². The molecule has 6 nitrogen and oxygen atoms in total. The van der Waals surface area contributed by atoms with Crippen LogP contribution in [-0.4, -0.2) is 43.0 Å². The van der Waals surface area contributed by atoms with Gasteiger partial charge in [0, 0.05) is 12.2 Å². The Morgan fingerprint density at radius 2 is 1.43 bits per heavy atom. The minimum atomic E-state index is -0.418. The molecule has 0 saturated carbocycles. The van der Waals surface area contributed by atoms with Crippen molar-refractivity contribution < 1.29 is 9.59 Å². The highest BCUT2D eigenvalue weighted by Crippen LogP contribution is 2.21. The topological polar surface area (TPSA) is 73.5 Å². The summed E-state index contributed by atoms with van der Waals surface area (Å²) in [6, 6.07) is 26.7. The van der Waals surface area contributed by atoms with Crippen molar-refractivity contribution in [3.05, 3.63) is 90.5 Å². The van der Waals surface area contributed by atoms with Gasteiger partial charge in [-0.1, -0.05) is 72.8 Å². The smallest absolute Gasteiger partial charge is 0.319 e. The van der Waals surface area contributed by atoms with Crippen LogP contribution in [0.3, 0.4) is 0 Å². The zero-order valence-corrected chi connectivity index (χ0v) is 20.1. The third-order valence-electron chi connectivity index (χ3n) is 6.32. The lowest BCUT2D eigenvalue weighted by Gasteiger charge is -2.20. The second-order valence-electron chi connectivity index (χ2n) is 8.96. The van der Waals surface area contributed by atoms with Crippen molar-refractivity contribution in [2.75, 3.05) is 31.5 Å². The number of benzene rings is 3. The van der Waals surface area contributed by atoms with Crippen LogP contribution in [0.1, 0.15) is 37.3 Å². The number of urea groups is 1. The van der Waals surface area contributed by atoms with Crippen LogP contribution < -0.4 is 16.0 Å². The van der Waals surface area contributed by atoms with Crippen LogP contribution in [0.5, 0.6) is 0 Å². The summed E-state index contributed by atoms with van der Waals surface area (Å²) in [5.74, 6) is -0.0622. The lowest BCUT2D eigenvalue weighted by Crippen LogP contribution is -2.36. The number of hydrogen-bond acceptors (Lipinski definition) is 3. The fourth-order valence-electron chi connectivity index (χ4n) is 4.43. The lowest BCUT2D eigenvalue weighted by molar-refractivity contribution is -0.121. The summed E-state index contributed by atoms with van der Waals surface area (Å²) >= 11 is 0. The van der Waals surface area contributed by atoms with Crippen LogP contribution in [0.2, 0.25) is 0 Å². The van der Waals surface area contributed by atoms with Crippen molar-refractivity contribution in [3.8, 4) is 11.1 Å². The molecular formula is C29H34N4O2. The second kappa shape index (κ2) is 12.7. The van der Waals surface area contributed by atoms with Gasteiger partial charge in [0.15, 0.2) is 0 Å². The molecule has 0 aromatic heterocycles. The first kappa shape index (κ1) is 24.5. The predicted molar refractivity (Wildman–Crippen MR) is 141 cm³/mol. The van der Waals surface area contributed by atoms with E-state index in [4.69, 9.17) is 0 Å². The number of amides is 3. The van der Waals surface area contributed by atoms with Gasteiger partial charge in [-0.2, -0.15) is 0 Å². The van der Waals surface area contributed by atoms with Crippen LogP contribution in [-0.2, 0) is 4.79 Å². The van der Waals surface area contributed by atoms with Crippen LogP contribution >= 0.6 is 0 Å². The summed E-state index contributed by atoms with van der Waals surface area (Å²) in [7, 11) is 0. The Kier molecular flexibility index (Phi) is 8.90.